The average molecular weight is 523 g/mol. The molecule has 0 saturated heterocycles. The van der Waals surface area contributed by atoms with E-state index < -0.39 is 17.0 Å². The van der Waals surface area contributed by atoms with Crippen LogP contribution < -0.4 is 14.4 Å². The van der Waals surface area contributed by atoms with Crippen molar-refractivity contribution in [3.8, 4) is 22.9 Å². The molecule has 1 aliphatic carbocycles. The predicted octanol–water partition coefficient (Wildman–Crippen LogP) is 6.02. The van der Waals surface area contributed by atoms with E-state index in [4.69, 9.17) is 21.1 Å². The van der Waals surface area contributed by atoms with Crippen molar-refractivity contribution in [3.63, 3.8) is 0 Å². The van der Waals surface area contributed by atoms with Crippen molar-refractivity contribution in [1.29, 1.82) is 0 Å². The highest BCUT2D eigenvalue weighted by atomic mass is 35.5. The van der Waals surface area contributed by atoms with Crippen LogP contribution in [0.25, 0.3) is 11.4 Å². The first-order valence-electron chi connectivity index (χ1n) is 12.2. The van der Waals surface area contributed by atoms with E-state index in [1.807, 2.05) is 59.0 Å². The van der Waals surface area contributed by atoms with Gasteiger partial charge in [-0.15, -0.1) is 10.2 Å². The zero-order valence-corrected chi connectivity index (χ0v) is 21.0. The van der Waals surface area contributed by atoms with E-state index >= 15 is 0 Å². The summed E-state index contributed by atoms with van der Waals surface area (Å²) in [6.07, 6.45) is 1.57. The second-order valence-corrected chi connectivity index (χ2v) is 10.1. The van der Waals surface area contributed by atoms with Gasteiger partial charge in [-0.05, 0) is 60.4 Å². The highest BCUT2D eigenvalue weighted by Gasteiger charge is 2.47. The molecule has 1 aliphatic heterocycles. The molecule has 37 heavy (non-hydrogen) atoms. The largest absolute Gasteiger partial charge is 0.486 e. The van der Waals surface area contributed by atoms with Crippen LogP contribution in [0.4, 0.5) is 14.7 Å². The van der Waals surface area contributed by atoms with Crippen molar-refractivity contribution in [3.05, 3.63) is 88.4 Å². The molecule has 6 rings (SSSR count). The van der Waals surface area contributed by atoms with E-state index in [9.17, 15) is 8.78 Å². The first kappa shape index (κ1) is 23.7. The van der Waals surface area contributed by atoms with E-state index in [1.54, 1.807) is 6.07 Å². The summed E-state index contributed by atoms with van der Waals surface area (Å²) in [4.78, 5) is 2.01. The molecule has 0 spiro atoms. The standard InChI is InChI=1S/C28H25ClF2N4O2/c1-34(16-18-2-5-20(29)6-3-18)27-33-32-26(19-4-9-24-25(14-19)37-13-12-36-24)35(27)17-28(10-11-28)22-8-7-21(30)15-23(22)31/h2-9,14-15H,10-13,16-17H2,1H3. The number of benzene rings is 3. The fraction of sp³-hybridized carbons (Fsp3) is 0.286. The van der Waals surface area contributed by atoms with Crippen molar-refractivity contribution in [1.82, 2.24) is 14.8 Å². The molecule has 0 N–H and O–H groups in total. The smallest absolute Gasteiger partial charge is 0.227 e. The molecule has 1 saturated carbocycles. The maximum absolute atomic E-state index is 14.9. The van der Waals surface area contributed by atoms with Crippen molar-refractivity contribution >= 4 is 17.5 Å². The van der Waals surface area contributed by atoms with Gasteiger partial charge >= 0.3 is 0 Å². The zero-order valence-electron chi connectivity index (χ0n) is 20.3. The van der Waals surface area contributed by atoms with Crippen LogP contribution in [-0.2, 0) is 18.5 Å². The molecule has 1 aromatic heterocycles. The lowest BCUT2D eigenvalue weighted by Gasteiger charge is -2.24. The molecule has 0 unspecified atom stereocenters. The molecule has 190 valence electrons. The maximum atomic E-state index is 14.9. The number of nitrogens with zero attached hydrogens (tertiary/aromatic N) is 4. The number of ether oxygens (including phenoxy) is 2. The van der Waals surface area contributed by atoms with Gasteiger partial charge in [0.15, 0.2) is 17.3 Å². The number of rotatable bonds is 7. The molecule has 9 heteroatoms. The average Bonchev–Trinajstić information content (AvgIpc) is 3.55. The Labute approximate surface area is 218 Å². The summed E-state index contributed by atoms with van der Waals surface area (Å²) < 4.78 is 42.0. The SMILES string of the molecule is CN(Cc1ccc(Cl)cc1)c1nnc(-c2ccc3c(c2)OCCO3)n1CC1(c2ccc(F)cc2F)CC1. The van der Waals surface area contributed by atoms with Gasteiger partial charge < -0.3 is 14.4 Å². The van der Waals surface area contributed by atoms with Crippen LogP contribution in [0.5, 0.6) is 11.5 Å². The van der Waals surface area contributed by atoms with E-state index in [0.717, 1.165) is 30.0 Å². The Kier molecular flexibility index (Phi) is 5.99. The lowest BCUT2D eigenvalue weighted by atomic mass is 9.95. The quantitative estimate of drug-likeness (QED) is 0.297. The van der Waals surface area contributed by atoms with Gasteiger partial charge in [0.05, 0.1) is 0 Å². The van der Waals surface area contributed by atoms with Crippen molar-refractivity contribution in [2.45, 2.75) is 31.3 Å². The van der Waals surface area contributed by atoms with Gasteiger partial charge in [-0.3, -0.25) is 4.57 Å². The van der Waals surface area contributed by atoms with E-state index in [1.165, 1.54) is 6.07 Å². The Bertz CT molecular complexity index is 1450. The number of hydrogen-bond donors (Lipinski definition) is 0. The summed E-state index contributed by atoms with van der Waals surface area (Å²) in [5, 5.41) is 9.78. The molecule has 0 atom stereocenters. The number of fused-ring (bicyclic) bond motifs is 1. The van der Waals surface area contributed by atoms with Crippen molar-refractivity contribution in [2.75, 3.05) is 25.2 Å². The molecule has 1 fully saturated rings. The van der Waals surface area contributed by atoms with Crippen LogP contribution in [0, 0.1) is 11.6 Å². The van der Waals surface area contributed by atoms with Gasteiger partial charge in [-0.25, -0.2) is 8.78 Å². The van der Waals surface area contributed by atoms with Crippen LogP contribution in [0.3, 0.4) is 0 Å². The monoisotopic (exact) mass is 522 g/mol. The summed E-state index contributed by atoms with van der Waals surface area (Å²) >= 11 is 6.06. The zero-order chi connectivity index (χ0) is 25.6. The fourth-order valence-electron chi connectivity index (χ4n) is 4.94. The second-order valence-electron chi connectivity index (χ2n) is 9.66. The third kappa shape index (κ3) is 4.62. The molecule has 2 aliphatic rings. The van der Waals surface area contributed by atoms with Gasteiger partial charge in [0.2, 0.25) is 5.95 Å². The van der Waals surface area contributed by atoms with Gasteiger partial charge in [0.1, 0.15) is 24.8 Å². The Morgan fingerprint density at radius 2 is 1.70 bits per heavy atom. The lowest BCUT2D eigenvalue weighted by Crippen LogP contribution is -2.25. The summed E-state index contributed by atoms with van der Waals surface area (Å²) in [6.45, 7) is 2.01. The van der Waals surface area contributed by atoms with Gasteiger partial charge in [-0.2, -0.15) is 0 Å². The molecule has 6 nitrogen and oxygen atoms in total. The van der Waals surface area contributed by atoms with E-state index in [2.05, 4.69) is 10.2 Å². The highest BCUT2D eigenvalue weighted by Crippen LogP contribution is 2.51. The molecular formula is C28H25ClF2N4O2. The van der Waals surface area contributed by atoms with Crippen LogP contribution in [0.2, 0.25) is 5.02 Å². The van der Waals surface area contributed by atoms with Crippen LogP contribution in [0.1, 0.15) is 24.0 Å². The van der Waals surface area contributed by atoms with Crippen molar-refractivity contribution in [2.24, 2.45) is 0 Å². The highest BCUT2D eigenvalue weighted by molar-refractivity contribution is 6.30. The van der Waals surface area contributed by atoms with Crippen LogP contribution >= 0.6 is 11.6 Å². The number of hydrogen-bond acceptors (Lipinski definition) is 5. The Morgan fingerprint density at radius 3 is 2.43 bits per heavy atom. The fourth-order valence-corrected chi connectivity index (χ4v) is 5.06. The summed E-state index contributed by atoms with van der Waals surface area (Å²) in [5.74, 6) is 1.52. The maximum Gasteiger partial charge on any atom is 0.227 e. The topological polar surface area (TPSA) is 52.4 Å². The molecule has 0 radical (unpaired) electrons. The Morgan fingerprint density at radius 1 is 0.946 bits per heavy atom. The third-order valence-electron chi connectivity index (χ3n) is 7.02. The minimum atomic E-state index is -0.582. The summed E-state index contributed by atoms with van der Waals surface area (Å²) in [7, 11) is 1.95. The van der Waals surface area contributed by atoms with E-state index in [-0.39, 0.29) is 0 Å². The van der Waals surface area contributed by atoms with Gasteiger partial charge in [-0.1, -0.05) is 29.8 Å². The molecule has 4 aromatic rings. The summed E-state index contributed by atoms with van der Waals surface area (Å²) in [5.41, 5.74) is 1.94. The van der Waals surface area contributed by atoms with Gasteiger partial charge in [0, 0.05) is 42.2 Å². The second kappa shape index (κ2) is 9.34. The molecular weight excluding hydrogens is 498 g/mol. The molecule has 2 heterocycles. The van der Waals surface area contributed by atoms with Crippen LogP contribution in [-0.4, -0.2) is 35.0 Å². The number of anilines is 1. The van der Waals surface area contributed by atoms with E-state index in [0.29, 0.717) is 60.2 Å². The molecule has 0 bridgehead atoms. The number of halogens is 3. The first-order valence-corrected chi connectivity index (χ1v) is 12.5. The lowest BCUT2D eigenvalue weighted by molar-refractivity contribution is 0.171. The minimum Gasteiger partial charge on any atom is -0.486 e. The van der Waals surface area contributed by atoms with Gasteiger partial charge in [0.25, 0.3) is 0 Å². The normalized spacial score (nSPS) is 15.5. The predicted molar refractivity (Wildman–Crippen MR) is 137 cm³/mol. The summed E-state index contributed by atoms with van der Waals surface area (Å²) in [6, 6.07) is 17.2. The minimum absolute atomic E-state index is 0.451. The number of aromatic nitrogens is 3. The molecule has 3 aromatic carbocycles. The Hall–Kier alpha value is -3.65. The third-order valence-corrected chi connectivity index (χ3v) is 7.27. The van der Waals surface area contributed by atoms with Crippen LogP contribution in [0.15, 0.2) is 60.7 Å². The van der Waals surface area contributed by atoms with Crippen molar-refractivity contribution < 1.29 is 18.3 Å². The molecule has 0 amide bonds. The Balaban J connectivity index is 1.40. The first-order chi connectivity index (χ1) is 17.9.